The van der Waals surface area contributed by atoms with Gasteiger partial charge in [-0.2, -0.15) is 0 Å². The summed E-state index contributed by atoms with van der Waals surface area (Å²) in [6.45, 7) is 9.16. The first-order valence-corrected chi connectivity index (χ1v) is 5.20. The molecule has 0 aliphatic carbocycles. The quantitative estimate of drug-likeness (QED) is 0.673. The van der Waals surface area contributed by atoms with Gasteiger partial charge in [-0.25, -0.2) is 0 Å². The van der Waals surface area contributed by atoms with E-state index in [0.717, 1.165) is 6.54 Å². The van der Waals surface area contributed by atoms with Crippen molar-refractivity contribution in [3.8, 4) is 0 Å². The molecule has 1 aliphatic rings. The second kappa shape index (κ2) is 3.79. The van der Waals surface area contributed by atoms with E-state index in [9.17, 15) is 4.79 Å². The van der Waals surface area contributed by atoms with Gasteiger partial charge in [0.2, 0.25) is 0 Å². The standard InChI is InChI=1S/C11H21NO/c1-8-6-5-7-12-9(8)10(13)11(2,3)4/h8-9,12H,5-7H2,1-4H3. The molecule has 0 aromatic rings. The Morgan fingerprint density at radius 3 is 2.46 bits per heavy atom. The van der Waals surface area contributed by atoms with Crippen LogP contribution in [0.5, 0.6) is 0 Å². The molecule has 0 bridgehead atoms. The highest BCUT2D eigenvalue weighted by atomic mass is 16.1. The van der Waals surface area contributed by atoms with Gasteiger partial charge in [0.15, 0.2) is 5.78 Å². The third kappa shape index (κ3) is 2.53. The molecule has 2 nitrogen and oxygen atoms in total. The zero-order chi connectivity index (χ0) is 10.1. The number of nitrogens with one attached hydrogen (secondary N) is 1. The van der Waals surface area contributed by atoms with Crippen LogP contribution in [0.4, 0.5) is 0 Å². The number of rotatable bonds is 1. The second-order valence-electron chi connectivity index (χ2n) is 5.17. The Balaban J connectivity index is 2.64. The van der Waals surface area contributed by atoms with E-state index in [4.69, 9.17) is 0 Å². The minimum absolute atomic E-state index is 0.0914. The largest absolute Gasteiger partial charge is 0.307 e. The Morgan fingerprint density at radius 2 is 2.00 bits per heavy atom. The summed E-state index contributed by atoms with van der Waals surface area (Å²) in [6.07, 6.45) is 2.38. The first-order chi connectivity index (χ1) is 5.93. The van der Waals surface area contributed by atoms with Crippen molar-refractivity contribution in [1.82, 2.24) is 5.32 Å². The maximum absolute atomic E-state index is 12.0. The van der Waals surface area contributed by atoms with Gasteiger partial charge >= 0.3 is 0 Å². The number of Topliss-reactive ketones (excluding diaryl/α,β-unsaturated/α-hetero) is 1. The molecule has 1 saturated heterocycles. The minimum Gasteiger partial charge on any atom is -0.307 e. The summed E-state index contributed by atoms with van der Waals surface area (Å²) in [4.78, 5) is 12.0. The lowest BCUT2D eigenvalue weighted by Gasteiger charge is -2.33. The molecule has 1 N–H and O–H groups in total. The zero-order valence-corrected chi connectivity index (χ0v) is 9.18. The van der Waals surface area contributed by atoms with Crippen LogP contribution in [0.1, 0.15) is 40.5 Å². The van der Waals surface area contributed by atoms with Crippen molar-refractivity contribution < 1.29 is 4.79 Å². The van der Waals surface area contributed by atoms with Crippen molar-refractivity contribution in [2.45, 2.75) is 46.6 Å². The van der Waals surface area contributed by atoms with Crippen molar-refractivity contribution in [2.75, 3.05) is 6.54 Å². The van der Waals surface area contributed by atoms with Crippen LogP contribution in [0.25, 0.3) is 0 Å². The van der Waals surface area contributed by atoms with Crippen molar-refractivity contribution in [3.63, 3.8) is 0 Å². The molecule has 0 spiro atoms. The molecule has 0 aromatic carbocycles. The Bertz CT molecular complexity index is 193. The van der Waals surface area contributed by atoms with Crippen molar-refractivity contribution in [2.24, 2.45) is 11.3 Å². The molecule has 0 aromatic heterocycles. The Kier molecular flexibility index (Phi) is 3.12. The summed E-state index contributed by atoms with van der Waals surface area (Å²) in [5, 5.41) is 3.33. The van der Waals surface area contributed by atoms with Gasteiger partial charge in [-0.3, -0.25) is 4.79 Å². The first-order valence-electron chi connectivity index (χ1n) is 5.20. The number of carbonyl (C=O) groups is 1. The summed E-state index contributed by atoms with van der Waals surface area (Å²) in [5.74, 6) is 0.861. The molecule has 1 rings (SSSR count). The van der Waals surface area contributed by atoms with E-state index < -0.39 is 0 Å². The van der Waals surface area contributed by atoms with Gasteiger partial charge in [0, 0.05) is 5.41 Å². The van der Waals surface area contributed by atoms with Gasteiger partial charge in [0.1, 0.15) is 0 Å². The fourth-order valence-electron chi connectivity index (χ4n) is 1.87. The molecule has 0 saturated carbocycles. The molecule has 76 valence electrons. The van der Waals surface area contributed by atoms with E-state index >= 15 is 0 Å². The van der Waals surface area contributed by atoms with Crippen LogP contribution in [-0.4, -0.2) is 18.4 Å². The monoisotopic (exact) mass is 183 g/mol. The van der Waals surface area contributed by atoms with E-state index in [0.29, 0.717) is 11.7 Å². The lowest BCUT2D eigenvalue weighted by Crippen LogP contribution is -2.49. The number of carbonyl (C=O) groups excluding carboxylic acids is 1. The molecule has 2 unspecified atom stereocenters. The molecule has 1 heterocycles. The fraction of sp³-hybridized carbons (Fsp3) is 0.909. The van der Waals surface area contributed by atoms with Gasteiger partial charge in [0.05, 0.1) is 6.04 Å². The summed E-state index contributed by atoms with van der Waals surface area (Å²) >= 11 is 0. The normalized spacial score (nSPS) is 30.2. The molecule has 1 fully saturated rings. The smallest absolute Gasteiger partial charge is 0.155 e. The summed E-state index contributed by atoms with van der Waals surface area (Å²) in [6, 6.07) is 0.0914. The van der Waals surface area contributed by atoms with E-state index in [2.05, 4.69) is 12.2 Å². The maximum Gasteiger partial charge on any atom is 0.155 e. The average Bonchev–Trinajstić information content (AvgIpc) is 2.02. The predicted molar refractivity (Wildman–Crippen MR) is 54.7 cm³/mol. The maximum atomic E-state index is 12.0. The molecule has 1 aliphatic heterocycles. The fourth-order valence-corrected chi connectivity index (χ4v) is 1.87. The van der Waals surface area contributed by atoms with Crippen molar-refractivity contribution >= 4 is 5.78 Å². The Morgan fingerprint density at radius 1 is 1.38 bits per heavy atom. The van der Waals surface area contributed by atoms with Crippen molar-refractivity contribution in [1.29, 1.82) is 0 Å². The summed E-state index contributed by atoms with van der Waals surface area (Å²) < 4.78 is 0. The summed E-state index contributed by atoms with van der Waals surface area (Å²) in [5.41, 5.74) is -0.205. The highest BCUT2D eigenvalue weighted by Gasteiger charge is 2.34. The highest BCUT2D eigenvalue weighted by molar-refractivity contribution is 5.89. The van der Waals surface area contributed by atoms with Crippen LogP contribution in [0, 0.1) is 11.3 Å². The van der Waals surface area contributed by atoms with Crippen molar-refractivity contribution in [3.05, 3.63) is 0 Å². The molecular formula is C11H21NO. The second-order valence-corrected chi connectivity index (χ2v) is 5.17. The topological polar surface area (TPSA) is 29.1 Å². The third-order valence-electron chi connectivity index (χ3n) is 2.79. The van der Waals surface area contributed by atoms with E-state index in [1.807, 2.05) is 20.8 Å². The molecule has 2 atom stereocenters. The van der Waals surface area contributed by atoms with Crippen LogP contribution in [0.15, 0.2) is 0 Å². The Labute approximate surface area is 81.1 Å². The van der Waals surface area contributed by atoms with Gasteiger partial charge in [0.25, 0.3) is 0 Å². The molecule has 0 amide bonds. The number of piperidine rings is 1. The lowest BCUT2D eigenvalue weighted by molar-refractivity contribution is -0.130. The van der Waals surface area contributed by atoms with Crippen LogP contribution < -0.4 is 5.32 Å². The number of ketones is 1. The number of hydrogen-bond acceptors (Lipinski definition) is 2. The predicted octanol–water partition coefficient (Wildman–Crippen LogP) is 1.99. The lowest BCUT2D eigenvalue weighted by atomic mass is 9.79. The van der Waals surface area contributed by atoms with Gasteiger partial charge in [-0.05, 0) is 25.3 Å². The molecule has 0 radical (unpaired) electrons. The summed E-state index contributed by atoms with van der Waals surface area (Å²) in [7, 11) is 0. The third-order valence-corrected chi connectivity index (χ3v) is 2.79. The van der Waals surface area contributed by atoms with Crippen LogP contribution in [-0.2, 0) is 4.79 Å². The highest BCUT2D eigenvalue weighted by Crippen LogP contribution is 2.24. The SMILES string of the molecule is CC1CCCNC1C(=O)C(C)(C)C. The molecular weight excluding hydrogens is 162 g/mol. The van der Waals surface area contributed by atoms with Crippen LogP contribution >= 0.6 is 0 Å². The average molecular weight is 183 g/mol. The van der Waals surface area contributed by atoms with Gasteiger partial charge in [-0.15, -0.1) is 0 Å². The molecule has 13 heavy (non-hydrogen) atoms. The van der Waals surface area contributed by atoms with E-state index in [-0.39, 0.29) is 11.5 Å². The molecule has 2 heteroatoms. The minimum atomic E-state index is -0.205. The van der Waals surface area contributed by atoms with E-state index in [1.165, 1.54) is 12.8 Å². The van der Waals surface area contributed by atoms with Gasteiger partial charge in [-0.1, -0.05) is 27.7 Å². The number of hydrogen-bond donors (Lipinski definition) is 1. The van der Waals surface area contributed by atoms with Gasteiger partial charge < -0.3 is 5.32 Å². The van der Waals surface area contributed by atoms with E-state index in [1.54, 1.807) is 0 Å². The Hall–Kier alpha value is -0.370. The van der Waals surface area contributed by atoms with Crippen LogP contribution in [0.3, 0.4) is 0 Å². The zero-order valence-electron chi connectivity index (χ0n) is 9.18. The van der Waals surface area contributed by atoms with Crippen LogP contribution in [0.2, 0.25) is 0 Å². The first kappa shape index (κ1) is 10.7.